The molecule has 2 aliphatic heterocycles. The maximum atomic E-state index is 5.34. The van der Waals surface area contributed by atoms with Gasteiger partial charge in [0.2, 0.25) is 0 Å². The molecule has 0 unspecified atom stereocenters. The van der Waals surface area contributed by atoms with Crippen molar-refractivity contribution in [2.24, 2.45) is 7.05 Å². The van der Waals surface area contributed by atoms with Gasteiger partial charge in [-0.05, 0) is 120 Å². The van der Waals surface area contributed by atoms with Crippen LogP contribution in [0, 0.1) is 0 Å². The monoisotopic (exact) mass is 548 g/mol. The minimum absolute atomic E-state index is 0.976. The van der Waals surface area contributed by atoms with Crippen LogP contribution in [-0.4, -0.2) is 19.5 Å². The van der Waals surface area contributed by atoms with E-state index in [2.05, 4.69) is 96.3 Å². The van der Waals surface area contributed by atoms with Gasteiger partial charge in [-0.15, -0.1) is 0 Å². The average molecular weight is 549 g/mol. The molecule has 2 aliphatic rings. The van der Waals surface area contributed by atoms with E-state index < -0.39 is 0 Å². The Bertz CT molecular complexity index is 1600. The van der Waals surface area contributed by atoms with Crippen molar-refractivity contribution in [3.8, 4) is 0 Å². The highest BCUT2D eigenvalue weighted by Crippen LogP contribution is 2.39. The molecule has 0 fully saturated rings. The van der Waals surface area contributed by atoms with Crippen molar-refractivity contribution < 1.29 is 0 Å². The standard InChI is InChI=1S/C37H48N4/c1-10-22-23(11-2)31-19-33-25(13-4)27(15-6)35(40-33)21-37-29(17-8)28(16-7)36(41(37)9)20-34-26(14-5)24(12-3)32(39-34)18-30(22)38-31/h18-21,38H,10-17H2,1-9H3. The predicted molar refractivity (Wildman–Crippen MR) is 178 cm³/mol. The van der Waals surface area contributed by atoms with E-state index in [1.165, 1.54) is 66.6 Å². The lowest BCUT2D eigenvalue weighted by molar-refractivity contribution is 0.997. The number of nitrogens with zero attached hydrogens (tertiary/aromatic N) is 3. The number of hydrogen-bond donors (Lipinski definition) is 1. The van der Waals surface area contributed by atoms with Gasteiger partial charge in [0.05, 0.1) is 22.8 Å². The summed E-state index contributed by atoms with van der Waals surface area (Å²) in [7, 11) is 2.23. The van der Waals surface area contributed by atoms with Crippen molar-refractivity contribution in [1.82, 2.24) is 19.5 Å². The molecule has 3 aromatic rings. The molecular formula is C37H48N4. The van der Waals surface area contributed by atoms with Gasteiger partial charge in [0, 0.05) is 29.1 Å². The molecule has 0 aliphatic carbocycles. The summed E-state index contributed by atoms with van der Waals surface area (Å²) in [5, 5.41) is 0. The lowest BCUT2D eigenvalue weighted by Gasteiger charge is -2.04. The van der Waals surface area contributed by atoms with E-state index in [0.717, 1.165) is 74.1 Å². The number of nitrogens with one attached hydrogen (secondary N) is 1. The van der Waals surface area contributed by atoms with Crippen LogP contribution in [0.3, 0.4) is 0 Å². The normalized spacial score (nSPS) is 13.6. The largest absolute Gasteiger partial charge is 0.355 e. The zero-order chi connectivity index (χ0) is 29.4. The summed E-state index contributed by atoms with van der Waals surface area (Å²) in [6.45, 7) is 18.2. The first kappa shape index (κ1) is 29.1. The van der Waals surface area contributed by atoms with Gasteiger partial charge in [-0.1, -0.05) is 55.4 Å². The van der Waals surface area contributed by atoms with E-state index in [1.54, 1.807) is 0 Å². The van der Waals surface area contributed by atoms with Crippen LogP contribution in [-0.2, 0) is 32.7 Å². The zero-order valence-corrected chi connectivity index (χ0v) is 26.8. The number of fused-ring (bicyclic) bond motifs is 8. The van der Waals surface area contributed by atoms with Gasteiger partial charge >= 0.3 is 0 Å². The Morgan fingerprint density at radius 3 is 1.07 bits per heavy atom. The number of allylic oxidation sites excluding steroid dienone is 4. The molecule has 0 saturated heterocycles. The summed E-state index contributed by atoms with van der Waals surface area (Å²) in [6.07, 6.45) is 7.88. The second kappa shape index (κ2) is 11.8. The molecular weight excluding hydrogens is 500 g/mol. The van der Waals surface area contributed by atoms with E-state index >= 15 is 0 Å². The number of aromatic nitrogens is 4. The van der Waals surface area contributed by atoms with Gasteiger partial charge in [-0.2, -0.15) is 0 Å². The van der Waals surface area contributed by atoms with Crippen LogP contribution < -0.4 is 0 Å². The molecule has 0 amide bonds. The molecule has 4 nitrogen and oxygen atoms in total. The van der Waals surface area contributed by atoms with Crippen LogP contribution >= 0.6 is 0 Å². The Hall–Kier alpha value is -3.40. The van der Waals surface area contributed by atoms with Crippen molar-refractivity contribution in [3.63, 3.8) is 0 Å². The number of H-pyrrole nitrogens is 1. The van der Waals surface area contributed by atoms with Gasteiger partial charge in [-0.25, -0.2) is 9.97 Å². The van der Waals surface area contributed by atoms with Crippen molar-refractivity contribution in [1.29, 1.82) is 0 Å². The van der Waals surface area contributed by atoms with Crippen LogP contribution in [0.15, 0.2) is 24.3 Å². The molecule has 3 aromatic heterocycles. The summed E-state index contributed by atoms with van der Waals surface area (Å²) in [4.78, 5) is 14.5. The second-order valence-corrected chi connectivity index (χ2v) is 11.3. The van der Waals surface area contributed by atoms with Crippen LogP contribution in [0.2, 0.25) is 0 Å². The first-order valence-electron chi connectivity index (χ1n) is 16.1. The molecule has 4 heteroatoms. The SMILES string of the molecule is CCC1=C(CC)c2cc3c(CC)c(CC)c(cc4nc(cc5[nH]c(cc1n2)c(CC)c5CC)C(CC)=C4CC)n3C. The zero-order valence-electron chi connectivity index (χ0n) is 26.8. The average Bonchev–Trinajstić information content (AvgIpc) is 3.67. The summed E-state index contributed by atoms with van der Waals surface area (Å²) in [5.74, 6) is 0. The third-order valence-electron chi connectivity index (χ3n) is 9.37. The summed E-state index contributed by atoms with van der Waals surface area (Å²) in [6, 6.07) is 9.37. The third kappa shape index (κ3) is 4.70. The predicted octanol–water partition coefficient (Wildman–Crippen LogP) is 10.0. The number of aryl methyl sites for hydroxylation is 5. The summed E-state index contributed by atoms with van der Waals surface area (Å²) >= 11 is 0. The molecule has 1 N–H and O–H groups in total. The van der Waals surface area contributed by atoms with E-state index in [-0.39, 0.29) is 0 Å². The Labute approximate surface area is 246 Å². The topological polar surface area (TPSA) is 46.5 Å². The fourth-order valence-electron chi connectivity index (χ4n) is 7.41. The minimum Gasteiger partial charge on any atom is -0.355 e. The van der Waals surface area contributed by atoms with E-state index in [0.29, 0.717) is 0 Å². The van der Waals surface area contributed by atoms with Crippen LogP contribution in [0.5, 0.6) is 0 Å². The van der Waals surface area contributed by atoms with Gasteiger partial charge < -0.3 is 9.55 Å². The molecule has 5 rings (SSSR count). The summed E-state index contributed by atoms with van der Waals surface area (Å²) in [5.41, 5.74) is 20.6. The van der Waals surface area contributed by atoms with E-state index in [1.807, 2.05) is 0 Å². The maximum absolute atomic E-state index is 5.34. The van der Waals surface area contributed by atoms with Crippen LogP contribution in [0.4, 0.5) is 0 Å². The van der Waals surface area contributed by atoms with Crippen molar-refractivity contribution >= 4 is 44.4 Å². The quantitative estimate of drug-likeness (QED) is 0.304. The molecule has 0 saturated carbocycles. The van der Waals surface area contributed by atoms with Gasteiger partial charge in [0.15, 0.2) is 0 Å². The molecule has 0 aromatic carbocycles. The van der Waals surface area contributed by atoms with Crippen molar-refractivity contribution in [2.45, 2.75) is 107 Å². The molecule has 8 bridgehead atoms. The van der Waals surface area contributed by atoms with Crippen molar-refractivity contribution in [3.05, 3.63) is 69.3 Å². The number of hydrogen-bond acceptors (Lipinski definition) is 2. The summed E-state index contributed by atoms with van der Waals surface area (Å²) < 4.78 is 2.40. The lowest BCUT2D eigenvalue weighted by Crippen LogP contribution is -1.90. The lowest BCUT2D eigenvalue weighted by atomic mass is 9.98. The third-order valence-corrected chi connectivity index (χ3v) is 9.37. The fraction of sp³-hybridized carbons (Fsp3) is 0.459. The Balaban J connectivity index is 2.07. The van der Waals surface area contributed by atoms with Crippen molar-refractivity contribution in [2.75, 3.05) is 0 Å². The molecule has 41 heavy (non-hydrogen) atoms. The van der Waals surface area contributed by atoms with E-state index in [4.69, 9.17) is 9.97 Å². The first-order valence-corrected chi connectivity index (χ1v) is 16.1. The van der Waals surface area contributed by atoms with E-state index in [9.17, 15) is 0 Å². The highest BCUT2D eigenvalue weighted by molar-refractivity contribution is 5.95. The minimum atomic E-state index is 0.976. The number of aromatic amines is 1. The highest BCUT2D eigenvalue weighted by atomic mass is 14.9. The van der Waals surface area contributed by atoms with Gasteiger partial charge in [0.25, 0.3) is 0 Å². The van der Waals surface area contributed by atoms with Crippen LogP contribution in [0.1, 0.15) is 126 Å². The van der Waals surface area contributed by atoms with Gasteiger partial charge in [0.1, 0.15) is 0 Å². The maximum Gasteiger partial charge on any atom is 0.0693 e. The molecule has 216 valence electrons. The molecule has 0 radical (unpaired) electrons. The Kier molecular flexibility index (Phi) is 8.40. The molecule has 0 spiro atoms. The Morgan fingerprint density at radius 1 is 0.463 bits per heavy atom. The number of rotatable bonds is 8. The van der Waals surface area contributed by atoms with Gasteiger partial charge in [-0.3, -0.25) is 0 Å². The fourth-order valence-corrected chi connectivity index (χ4v) is 7.41. The highest BCUT2D eigenvalue weighted by Gasteiger charge is 2.22. The van der Waals surface area contributed by atoms with Crippen LogP contribution in [0.25, 0.3) is 44.4 Å². The Morgan fingerprint density at radius 2 is 0.780 bits per heavy atom. The molecule has 0 atom stereocenters. The smallest absolute Gasteiger partial charge is 0.0693 e. The molecule has 5 heterocycles. The second-order valence-electron chi connectivity index (χ2n) is 11.3. The first-order chi connectivity index (χ1) is 19.9.